The minimum atomic E-state index is -0.432. The Kier molecular flexibility index (Phi) is 3.48. The highest BCUT2D eigenvalue weighted by Crippen LogP contribution is 2.24. The average molecular weight is 168 g/mol. The lowest BCUT2D eigenvalue weighted by molar-refractivity contribution is -0.120. The molecule has 2 nitrogen and oxygen atoms in total. The third-order valence-electron chi connectivity index (χ3n) is 2.48. The van der Waals surface area contributed by atoms with Crippen LogP contribution in [0.5, 0.6) is 0 Å². The van der Waals surface area contributed by atoms with E-state index in [0.29, 0.717) is 12.8 Å². The van der Waals surface area contributed by atoms with Crippen LogP contribution < -0.4 is 0 Å². The van der Waals surface area contributed by atoms with Crippen LogP contribution in [0, 0.1) is 5.92 Å². The second-order valence-corrected chi connectivity index (χ2v) is 3.49. The zero-order valence-electron chi connectivity index (χ0n) is 7.33. The van der Waals surface area contributed by atoms with Crippen molar-refractivity contribution in [1.82, 2.24) is 0 Å². The van der Waals surface area contributed by atoms with Gasteiger partial charge in [0.1, 0.15) is 5.78 Å². The number of aliphatic hydroxyl groups is 1. The molecule has 0 heterocycles. The summed E-state index contributed by atoms with van der Waals surface area (Å²) in [6, 6.07) is 0. The van der Waals surface area contributed by atoms with E-state index in [1.807, 2.05) is 6.08 Å². The Balaban J connectivity index is 2.50. The molecule has 2 atom stereocenters. The van der Waals surface area contributed by atoms with E-state index in [1.165, 1.54) is 0 Å². The Morgan fingerprint density at radius 2 is 2.42 bits per heavy atom. The molecule has 1 fully saturated rings. The first-order chi connectivity index (χ1) is 5.74. The van der Waals surface area contributed by atoms with Crippen LogP contribution in [-0.4, -0.2) is 17.0 Å². The molecular formula is C10H16O2. The van der Waals surface area contributed by atoms with Gasteiger partial charge in [-0.25, -0.2) is 0 Å². The van der Waals surface area contributed by atoms with Gasteiger partial charge in [0.25, 0.3) is 0 Å². The highest BCUT2D eigenvalue weighted by molar-refractivity contribution is 5.79. The SMILES string of the molecule is C=CC[C@@H]1CCCC(=O)C[C@@H]1O. The van der Waals surface area contributed by atoms with Gasteiger partial charge in [-0.15, -0.1) is 6.58 Å². The summed E-state index contributed by atoms with van der Waals surface area (Å²) in [5.41, 5.74) is 0. The van der Waals surface area contributed by atoms with Crippen LogP contribution in [0.25, 0.3) is 0 Å². The monoisotopic (exact) mass is 168 g/mol. The maximum Gasteiger partial charge on any atom is 0.135 e. The van der Waals surface area contributed by atoms with Gasteiger partial charge in [-0.1, -0.05) is 6.08 Å². The summed E-state index contributed by atoms with van der Waals surface area (Å²) < 4.78 is 0. The highest BCUT2D eigenvalue weighted by Gasteiger charge is 2.23. The molecule has 0 spiro atoms. The van der Waals surface area contributed by atoms with E-state index in [1.54, 1.807) is 0 Å². The van der Waals surface area contributed by atoms with Gasteiger partial charge >= 0.3 is 0 Å². The van der Waals surface area contributed by atoms with Crippen molar-refractivity contribution in [3.05, 3.63) is 12.7 Å². The number of aliphatic hydroxyl groups excluding tert-OH is 1. The largest absolute Gasteiger partial charge is 0.392 e. The molecule has 68 valence electrons. The fourth-order valence-electron chi connectivity index (χ4n) is 1.74. The van der Waals surface area contributed by atoms with Crippen LogP contribution >= 0.6 is 0 Å². The Morgan fingerprint density at radius 3 is 3.08 bits per heavy atom. The fourth-order valence-corrected chi connectivity index (χ4v) is 1.74. The second kappa shape index (κ2) is 4.41. The number of hydrogen-bond acceptors (Lipinski definition) is 2. The molecule has 0 aliphatic heterocycles. The molecule has 1 saturated carbocycles. The van der Waals surface area contributed by atoms with Crippen LogP contribution in [0.2, 0.25) is 0 Å². The summed E-state index contributed by atoms with van der Waals surface area (Å²) in [5, 5.41) is 9.58. The molecule has 1 aliphatic carbocycles. The lowest BCUT2D eigenvalue weighted by atomic mass is 9.94. The molecule has 0 aromatic heterocycles. The lowest BCUT2D eigenvalue weighted by Gasteiger charge is -2.17. The van der Waals surface area contributed by atoms with E-state index < -0.39 is 6.10 Å². The van der Waals surface area contributed by atoms with Crippen molar-refractivity contribution < 1.29 is 9.90 Å². The van der Waals surface area contributed by atoms with Gasteiger partial charge < -0.3 is 5.11 Å². The molecule has 1 aliphatic rings. The third kappa shape index (κ3) is 2.45. The molecule has 0 radical (unpaired) electrons. The molecule has 0 saturated heterocycles. The summed E-state index contributed by atoms with van der Waals surface area (Å²) in [5.74, 6) is 0.461. The minimum absolute atomic E-state index is 0.203. The number of rotatable bonds is 2. The van der Waals surface area contributed by atoms with Gasteiger partial charge in [-0.3, -0.25) is 4.79 Å². The molecular weight excluding hydrogens is 152 g/mol. The third-order valence-corrected chi connectivity index (χ3v) is 2.48. The number of carbonyl (C=O) groups is 1. The maximum atomic E-state index is 11.1. The van der Waals surface area contributed by atoms with E-state index >= 15 is 0 Å². The predicted octanol–water partition coefficient (Wildman–Crippen LogP) is 1.68. The first-order valence-corrected chi connectivity index (χ1v) is 4.54. The number of allylic oxidation sites excluding steroid dienone is 1. The van der Waals surface area contributed by atoms with Crippen LogP contribution in [-0.2, 0) is 4.79 Å². The smallest absolute Gasteiger partial charge is 0.135 e. The zero-order chi connectivity index (χ0) is 8.97. The van der Waals surface area contributed by atoms with Crippen LogP contribution in [0.3, 0.4) is 0 Å². The van der Waals surface area contributed by atoms with Gasteiger partial charge in [0.05, 0.1) is 6.10 Å². The molecule has 1 N–H and O–H groups in total. The number of ketones is 1. The molecule has 1 rings (SSSR count). The molecule has 0 aromatic carbocycles. The van der Waals surface area contributed by atoms with E-state index in [-0.39, 0.29) is 11.7 Å². The molecule has 0 bridgehead atoms. The van der Waals surface area contributed by atoms with Crippen LogP contribution in [0.4, 0.5) is 0 Å². The topological polar surface area (TPSA) is 37.3 Å². The standard InChI is InChI=1S/C10H16O2/c1-2-4-8-5-3-6-9(11)7-10(8)12/h2,8,10,12H,1,3-7H2/t8-,10+/m1/s1. The summed E-state index contributed by atoms with van der Waals surface area (Å²) in [6.45, 7) is 3.64. The van der Waals surface area contributed by atoms with Crippen molar-refractivity contribution in [2.45, 2.75) is 38.2 Å². The van der Waals surface area contributed by atoms with Gasteiger partial charge in [0, 0.05) is 12.8 Å². The minimum Gasteiger partial charge on any atom is -0.392 e. The van der Waals surface area contributed by atoms with Gasteiger partial charge in [0.2, 0.25) is 0 Å². The van der Waals surface area contributed by atoms with Crippen LogP contribution in [0.1, 0.15) is 32.1 Å². The van der Waals surface area contributed by atoms with Gasteiger partial charge in [-0.05, 0) is 25.2 Å². The van der Waals surface area contributed by atoms with Crippen molar-refractivity contribution in [3.63, 3.8) is 0 Å². The number of Topliss-reactive ketones (excluding diaryl/α,β-unsaturated/α-hetero) is 1. The Morgan fingerprint density at radius 1 is 1.67 bits per heavy atom. The number of carbonyl (C=O) groups excluding carboxylic acids is 1. The van der Waals surface area contributed by atoms with Crippen molar-refractivity contribution in [2.24, 2.45) is 5.92 Å². The van der Waals surface area contributed by atoms with Crippen molar-refractivity contribution in [2.75, 3.05) is 0 Å². The van der Waals surface area contributed by atoms with Gasteiger partial charge in [0.15, 0.2) is 0 Å². The normalized spacial score (nSPS) is 31.2. The molecule has 0 aromatic rings. The Labute approximate surface area is 73.3 Å². The molecule has 0 unspecified atom stereocenters. The van der Waals surface area contributed by atoms with E-state index in [2.05, 4.69) is 6.58 Å². The first kappa shape index (κ1) is 9.46. The van der Waals surface area contributed by atoms with E-state index in [4.69, 9.17) is 0 Å². The van der Waals surface area contributed by atoms with Gasteiger partial charge in [-0.2, -0.15) is 0 Å². The zero-order valence-corrected chi connectivity index (χ0v) is 7.33. The molecule has 12 heavy (non-hydrogen) atoms. The Bertz CT molecular complexity index is 175. The summed E-state index contributed by atoms with van der Waals surface area (Å²) in [4.78, 5) is 11.1. The van der Waals surface area contributed by atoms with Crippen molar-refractivity contribution in [3.8, 4) is 0 Å². The van der Waals surface area contributed by atoms with Crippen LogP contribution in [0.15, 0.2) is 12.7 Å². The fraction of sp³-hybridized carbons (Fsp3) is 0.700. The Hall–Kier alpha value is -0.630. The average Bonchev–Trinajstić information content (AvgIpc) is 2.15. The second-order valence-electron chi connectivity index (χ2n) is 3.49. The quantitative estimate of drug-likeness (QED) is 0.503. The van der Waals surface area contributed by atoms with Crippen molar-refractivity contribution >= 4 is 5.78 Å². The lowest BCUT2D eigenvalue weighted by Crippen LogP contribution is -2.20. The summed E-state index contributed by atoms with van der Waals surface area (Å²) >= 11 is 0. The highest BCUT2D eigenvalue weighted by atomic mass is 16.3. The summed E-state index contributed by atoms with van der Waals surface area (Å²) in [7, 11) is 0. The molecule has 2 heteroatoms. The maximum absolute atomic E-state index is 11.1. The molecule has 0 amide bonds. The van der Waals surface area contributed by atoms with Crippen molar-refractivity contribution in [1.29, 1.82) is 0 Å². The first-order valence-electron chi connectivity index (χ1n) is 4.54. The predicted molar refractivity (Wildman–Crippen MR) is 47.8 cm³/mol. The van der Waals surface area contributed by atoms with E-state index in [0.717, 1.165) is 19.3 Å². The summed E-state index contributed by atoms with van der Waals surface area (Å²) in [6.07, 6.45) is 5.09. The number of hydrogen-bond donors (Lipinski definition) is 1. The van der Waals surface area contributed by atoms with E-state index in [9.17, 15) is 9.90 Å².